The summed E-state index contributed by atoms with van der Waals surface area (Å²) in [7, 11) is -4.63. The molecule has 0 aliphatic carbocycles. The molecule has 0 aliphatic heterocycles. The van der Waals surface area contributed by atoms with Crippen LogP contribution in [-0.2, 0) is 32.7 Å². The summed E-state index contributed by atoms with van der Waals surface area (Å²) >= 11 is 0. The summed E-state index contributed by atoms with van der Waals surface area (Å²) in [6.07, 6.45) is 65.3. The highest BCUT2D eigenvalue weighted by molar-refractivity contribution is 7.47. The first kappa shape index (κ1) is 64.4. The van der Waals surface area contributed by atoms with Crippen LogP contribution >= 0.6 is 7.82 Å². The van der Waals surface area contributed by atoms with Gasteiger partial charge in [0.2, 0.25) is 0 Å². The van der Waals surface area contributed by atoms with Crippen molar-refractivity contribution < 1.29 is 42.7 Å². The van der Waals surface area contributed by atoms with Crippen LogP contribution in [-0.4, -0.2) is 60.5 Å². The number of carboxylic acids is 1. The molecule has 0 spiro atoms. The zero-order chi connectivity index (χ0) is 49.0. The van der Waals surface area contributed by atoms with E-state index in [1.54, 1.807) is 0 Å². The third-order valence-corrected chi connectivity index (χ3v) is 12.4. The first-order chi connectivity index (χ1) is 32.7. The van der Waals surface area contributed by atoms with E-state index in [9.17, 15) is 19.0 Å². The Hall–Kier alpha value is -2.59. The predicted molar refractivity (Wildman–Crippen MR) is 281 cm³/mol. The van der Waals surface area contributed by atoms with Crippen LogP contribution in [0.5, 0.6) is 0 Å². The van der Waals surface area contributed by atoms with Crippen molar-refractivity contribution in [1.82, 2.24) is 0 Å². The Morgan fingerprint density at radius 1 is 0.493 bits per heavy atom. The van der Waals surface area contributed by atoms with Crippen LogP contribution in [0.4, 0.5) is 0 Å². The fraction of sp³-hybridized carbons (Fsp3) is 0.750. The quantitative estimate of drug-likeness (QED) is 0.0232. The number of aliphatic carboxylic acids is 1. The number of allylic oxidation sites excluding steroid dienone is 12. The summed E-state index contributed by atoms with van der Waals surface area (Å²) in [4.78, 5) is 33.7. The summed E-state index contributed by atoms with van der Waals surface area (Å²) in [5.74, 6) is -1.78. The molecule has 67 heavy (non-hydrogen) atoms. The molecule has 0 aliphatic rings. The van der Waals surface area contributed by atoms with Crippen molar-refractivity contribution in [3.63, 3.8) is 0 Å². The van der Waals surface area contributed by atoms with E-state index in [0.29, 0.717) is 13.0 Å². The van der Waals surface area contributed by atoms with Crippen molar-refractivity contribution in [1.29, 1.82) is 0 Å². The third-order valence-electron chi connectivity index (χ3n) is 11.5. The van der Waals surface area contributed by atoms with Gasteiger partial charge in [-0.1, -0.05) is 215 Å². The van der Waals surface area contributed by atoms with Gasteiger partial charge in [0.25, 0.3) is 0 Å². The Balaban J connectivity index is 4.14. The molecule has 0 heterocycles. The zero-order valence-electron chi connectivity index (χ0n) is 42.7. The molecule has 0 amide bonds. The Bertz CT molecular complexity index is 1340. The lowest BCUT2D eigenvalue weighted by atomic mass is 10.1. The molecule has 0 radical (unpaired) electrons. The highest BCUT2D eigenvalue weighted by Crippen LogP contribution is 2.43. The van der Waals surface area contributed by atoms with Gasteiger partial charge >= 0.3 is 19.8 Å². The number of phosphoric acid groups is 1. The molecule has 0 aromatic carbocycles. The van der Waals surface area contributed by atoms with Crippen LogP contribution in [0.1, 0.15) is 232 Å². The van der Waals surface area contributed by atoms with Crippen LogP contribution in [0.15, 0.2) is 72.9 Å². The van der Waals surface area contributed by atoms with Gasteiger partial charge < -0.3 is 25.2 Å². The van der Waals surface area contributed by atoms with E-state index >= 15 is 0 Å². The largest absolute Gasteiger partial charge is 0.480 e. The SMILES string of the molecule is CC/C=C\C/C=C\C/C=C\C/C=C\C/C=C\CCCCCCCCCCOCC(COP(=O)(O)OCC(N)C(=O)O)OC(=O)CCCCCCCCCCC/C=C\CCCCCCCCCC. The number of carbonyl (C=O) groups excluding carboxylic acids is 1. The molecule has 0 rings (SSSR count). The second-order valence-corrected chi connectivity index (χ2v) is 19.4. The van der Waals surface area contributed by atoms with Gasteiger partial charge in [0, 0.05) is 13.0 Å². The summed E-state index contributed by atoms with van der Waals surface area (Å²) < 4.78 is 33.6. The normalized spacial score (nSPS) is 14.2. The number of phosphoric ester groups is 1. The molecule has 0 saturated carbocycles. The average Bonchev–Trinajstić information content (AvgIpc) is 3.31. The highest BCUT2D eigenvalue weighted by Gasteiger charge is 2.27. The topological polar surface area (TPSA) is 155 Å². The lowest BCUT2D eigenvalue weighted by molar-refractivity contribution is -0.154. The molecule has 0 bridgehead atoms. The Kier molecular flexibility index (Phi) is 49.3. The van der Waals surface area contributed by atoms with Crippen LogP contribution in [0.25, 0.3) is 0 Å². The molecule has 388 valence electrons. The van der Waals surface area contributed by atoms with Gasteiger partial charge in [0.15, 0.2) is 0 Å². The van der Waals surface area contributed by atoms with E-state index in [2.05, 4.69) is 86.8 Å². The van der Waals surface area contributed by atoms with Crippen LogP contribution < -0.4 is 5.73 Å². The second kappa shape index (κ2) is 51.3. The molecule has 10 nitrogen and oxygen atoms in total. The number of carboxylic acid groups (broad SMARTS) is 1. The first-order valence-electron chi connectivity index (χ1n) is 27.0. The number of hydrogen-bond donors (Lipinski definition) is 3. The van der Waals surface area contributed by atoms with E-state index in [-0.39, 0.29) is 13.0 Å². The second-order valence-electron chi connectivity index (χ2n) is 18.0. The van der Waals surface area contributed by atoms with Gasteiger partial charge in [0.1, 0.15) is 12.1 Å². The first-order valence-corrected chi connectivity index (χ1v) is 28.5. The Morgan fingerprint density at radius 3 is 1.31 bits per heavy atom. The van der Waals surface area contributed by atoms with Gasteiger partial charge in [-0.05, 0) is 83.5 Å². The predicted octanol–water partition coefficient (Wildman–Crippen LogP) is 16.1. The zero-order valence-corrected chi connectivity index (χ0v) is 43.6. The van der Waals surface area contributed by atoms with E-state index in [1.165, 1.54) is 128 Å². The average molecular weight is 962 g/mol. The number of rotatable bonds is 51. The van der Waals surface area contributed by atoms with E-state index < -0.39 is 45.1 Å². The molecule has 4 N–H and O–H groups in total. The lowest BCUT2D eigenvalue weighted by Gasteiger charge is -2.20. The maximum Gasteiger partial charge on any atom is 0.472 e. The Morgan fingerprint density at radius 2 is 0.866 bits per heavy atom. The third kappa shape index (κ3) is 51.1. The van der Waals surface area contributed by atoms with E-state index in [1.807, 2.05) is 0 Å². The fourth-order valence-corrected chi connectivity index (χ4v) is 8.11. The number of nitrogens with two attached hydrogens (primary N) is 1. The molecular formula is C56H100NO9P. The molecule has 0 aromatic rings. The fourth-order valence-electron chi connectivity index (χ4n) is 7.33. The van der Waals surface area contributed by atoms with E-state index in [0.717, 1.165) is 77.0 Å². The molecule has 3 unspecified atom stereocenters. The maximum atomic E-state index is 12.7. The minimum Gasteiger partial charge on any atom is -0.480 e. The number of carbonyl (C=O) groups is 2. The molecule has 0 fully saturated rings. The molecule has 0 saturated heterocycles. The van der Waals surface area contributed by atoms with Crippen molar-refractivity contribution in [2.24, 2.45) is 5.73 Å². The number of esters is 1. The van der Waals surface area contributed by atoms with Gasteiger partial charge in [0.05, 0.1) is 19.8 Å². The summed E-state index contributed by atoms with van der Waals surface area (Å²) in [5, 5.41) is 8.94. The van der Waals surface area contributed by atoms with Crippen LogP contribution in [0, 0.1) is 0 Å². The number of hydrogen-bond acceptors (Lipinski definition) is 8. The van der Waals surface area contributed by atoms with Crippen LogP contribution in [0.2, 0.25) is 0 Å². The molecule has 0 aromatic heterocycles. The van der Waals surface area contributed by atoms with Crippen molar-refractivity contribution in [3.8, 4) is 0 Å². The smallest absolute Gasteiger partial charge is 0.472 e. The van der Waals surface area contributed by atoms with Crippen molar-refractivity contribution in [2.45, 2.75) is 244 Å². The molecule has 11 heteroatoms. The van der Waals surface area contributed by atoms with Crippen molar-refractivity contribution in [2.75, 3.05) is 26.4 Å². The van der Waals surface area contributed by atoms with Crippen molar-refractivity contribution in [3.05, 3.63) is 72.9 Å². The standard InChI is InChI=1S/C56H100NO9P/c1-3-5-7-9-11-13-15-17-19-21-23-25-26-27-29-31-33-35-37-39-41-43-45-47-49-63-50-53(51-64-67(61,62)65-52-54(57)56(59)60)66-55(58)48-46-44-42-40-38-36-34-32-30-28-24-22-20-18-16-14-12-10-8-6-4-2/h5,7,11,13,17,19,22-25,27,29,53-54H,3-4,6,8-10,12,14-16,18,20-21,26,28,30-52,57H2,1-2H3,(H,59,60)(H,61,62)/b7-5-,13-11-,19-17-,24-22-,25-23-,29-27-. The van der Waals surface area contributed by atoms with Crippen LogP contribution in [0.3, 0.4) is 0 Å². The van der Waals surface area contributed by atoms with Crippen molar-refractivity contribution >= 4 is 19.8 Å². The minimum absolute atomic E-state index is 0.00780. The van der Waals surface area contributed by atoms with E-state index in [4.69, 9.17) is 29.4 Å². The number of unbranched alkanes of at least 4 members (excludes halogenated alkanes) is 25. The summed E-state index contributed by atoms with van der Waals surface area (Å²) in [5.41, 5.74) is 5.38. The van der Waals surface area contributed by atoms with Gasteiger partial charge in [-0.25, -0.2) is 4.57 Å². The summed E-state index contributed by atoms with van der Waals surface area (Å²) in [6.45, 7) is 3.77. The highest BCUT2D eigenvalue weighted by atomic mass is 31.2. The monoisotopic (exact) mass is 962 g/mol. The summed E-state index contributed by atoms with van der Waals surface area (Å²) in [6, 6.07) is -1.48. The number of ether oxygens (including phenoxy) is 2. The van der Waals surface area contributed by atoms with Gasteiger partial charge in [-0.2, -0.15) is 0 Å². The molecule has 3 atom stereocenters. The van der Waals surface area contributed by atoms with Gasteiger partial charge in [-0.15, -0.1) is 0 Å². The lowest BCUT2D eigenvalue weighted by Crippen LogP contribution is -2.34. The maximum absolute atomic E-state index is 12.7. The minimum atomic E-state index is -4.63. The Labute approximate surface area is 410 Å². The molecular weight excluding hydrogens is 862 g/mol. The van der Waals surface area contributed by atoms with Gasteiger partial charge in [-0.3, -0.25) is 18.6 Å².